The number of aryl methyl sites for hydroxylation is 2. The van der Waals surface area contributed by atoms with Crippen molar-refractivity contribution in [1.82, 2.24) is 30.2 Å². The van der Waals surface area contributed by atoms with E-state index in [-0.39, 0.29) is 11.7 Å². The average Bonchev–Trinajstić information content (AvgIpc) is 3.38. The van der Waals surface area contributed by atoms with Gasteiger partial charge in [-0.1, -0.05) is 12.1 Å². The highest BCUT2D eigenvalue weighted by Gasteiger charge is 2.43. The summed E-state index contributed by atoms with van der Waals surface area (Å²) >= 11 is 1.82. The van der Waals surface area contributed by atoms with E-state index in [0.29, 0.717) is 6.42 Å². The van der Waals surface area contributed by atoms with E-state index in [4.69, 9.17) is 9.21 Å². The molecule has 4 heterocycles. The van der Waals surface area contributed by atoms with Gasteiger partial charge in [0.15, 0.2) is 0 Å². The zero-order chi connectivity index (χ0) is 31.1. The minimum absolute atomic E-state index is 0.0352. The van der Waals surface area contributed by atoms with Crippen LogP contribution in [0.3, 0.4) is 0 Å². The first kappa shape index (κ1) is 34.2. The Morgan fingerprint density at radius 1 is 1.09 bits per heavy atom. The number of oxazole rings is 1. The lowest BCUT2D eigenvalue weighted by atomic mass is 9.94. The number of ketones is 1. The fourth-order valence-electron chi connectivity index (χ4n) is 4.87. The van der Waals surface area contributed by atoms with E-state index < -0.39 is 0 Å². The number of piperidine rings is 1. The summed E-state index contributed by atoms with van der Waals surface area (Å²) in [6.07, 6.45) is 13.0. The lowest BCUT2D eigenvalue weighted by molar-refractivity contribution is -0.0980. The van der Waals surface area contributed by atoms with Crippen LogP contribution < -0.4 is 5.32 Å². The molecule has 10 heteroatoms. The fraction of sp³-hybridized carbons (Fsp3) is 0.485. The van der Waals surface area contributed by atoms with Crippen LogP contribution in [-0.4, -0.2) is 83.1 Å². The molecule has 43 heavy (non-hydrogen) atoms. The van der Waals surface area contributed by atoms with Crippen LogP contribution in [0.4, 0.5) is 0 Å². The number of likely N-dealkylation sites (tertiary alicyclic amines) is 1. The summed E-state index contributed by atoms with van der Waals surface area (Å²) in [4.78, 5) is 38.6. The minimum atomic E-state index is -0.0352. The summed E-state index contributed by atoms with van der Waals surface area (Å²) in [5, 5.41) is 3.87. The summed E-state index contributed by atoms with van der Waals surface area (Å²) < 4.78 is 5.02. The van der Waals surface area contributed by atoms with E-state index in [1.165, 1.54) is 51.2 Å². The van der Waals surface area contributed by atoms with Crippen LogP contribution in [0.5, 0.6) is 0 Å². The van der Waals surface area contributed by atoms with Gasteiger partial charge in [-0.05, 0) is 103 Å². The molecule has 1 saturated carbocycles. The average molecular weight is 607 g/mol. The molecule has 0 radical (unpaired) electrons. The van der Waals surface area contributed by atoms with Crippen molar-refractivity contribution in [2.75, 3.05) is 45.7 Å². The van der Waals surface area contributed by atoms with E-state index in [0.717, 1.165) is 63.4 Å². The lowest BCUT2D eigenvalue weighted by Gasteiger charge is -2.28. The third kappa shape index (κ3) is 11.0. The number of carbonyl (C=O) groups is 2. The second-order valence-corrected chi connectivity index (χ2v) is 12.4. The monoisotopic (exact) mass is 606 g/mol. The molecule has 0 bridgehead atoms. The number of imidazole rings is 1. The van der Waals surface area contributed by atoms with Crippen LogP contribution >= 0.6 is 11.8 Å². The van der Waals surface area contributed by atoms with Crippen molar-refractivity contribution >= 4 is 35.2 Å². The van der Waals surface area contributed by atoms with E-state index in [9.17, 15) is 4.79 Å². The number of hydrogen-bond donors (Lipinski definition) is 2. The Labute approximate surface area is 259 Å². The molecule has 6 rings (SSSR count). The highest BCUT2D eigenvalue weighted by molar-refractivity contribution is 7.99. The van der Waals surface area contributed by atoms with Crippen molar-refractivity contribution in [1.29, 1.82) is 0 Å². The first-order valence-corrected chi connectivity index (χ1v) is 16.0. The molecule has 3 aromatic heterocycles. The first-order valence-electron chi connectivity index (χ1n) is 14.9. The molecule has 4 aromatic rings. The Kier molecular flexibility index (Phi) is 14.1. The molecule has 1 aliphatic carbocycles. The van der Waals surface area contributed by atoms with Gasteiger partial charge in [0.2, 0.25) is 5.78 Å². The zero-order valence-electron chi connectivity index (χ0n) is 26.0. The number of Topliss-reactive ketones (excluding diaryl/α,β-unsaturated/α-hetero) is 1. The Balaban J connectivity index is 0.000000299. The molecule has 0 unspecified atom stereocenters. The van der Waals surface area contributed by atoms with Crippen LogP contribution in [0, 0.1) is 12.3 Å². The van der Waals surface area contributed by atoms with Crippen LogP contribution in [0.2, 0.25) is 0 Å². The Morgan fingerprint density at radius 2 is 1.84 bits per heavy atom. The quantitative estimate of drug-likeness (QED) is 0.175. The van der Waals surface area contributed by atoms with E-state index in [2.05, 4.69) is 55.4 Å². The van der Waals surface area contributed by atoms with Gasteiger partial charge in [0, 0.05) is 35.2 Å². The number of pyridine rings is 1. The highest BCUT2D eigenvalue weighted by atomic mass is 32.2. The second-order valence-electron chi connectivity index (χ2n) is 11.1. The molecule has 1 aromatic carbocycles. The number of aromatic nitrogens is 4. The molecule has 1 aliphatic heterocycles. The summed E-state index contributed by atoms with van der Waals surface area (Å²) in [6.45, 7) is 6.70. The fourth-order valence-corrected chi connectivity index (χ4v) is 5.76. The summed E-state index contributed by atoms with van der Waals surface area (Å²) in [5.74, 6) is 3.04. The normalized spacial score (nSPS) is 15.0. The predicted molar refractivity (Wildman–Crippen MR) is 176 cm³/mol. The number of hydrogen-bond acceptors (Lipinski definition) is 9. The summed E-state index contributed by atoms with van der Waals surface area (Å²) in [6, 6.07) is 10.4. The number of fused-ring (bicyclic) bond motifs is 1. The number of carbonyl (C=O) groups excluding carboxylic acids is 2. The molecule has 2 aliphatic rings. The number of nitrogens with zero attached hydrogens (tertiary/aromatic N) is 4. The van der Waals surface area contributed by atoms with Crippen molar-refractivity contribution in [3.63, 3.8) is 0 Å². The zero-order valence-corrected chi connectivity index (χ0v) is 26.8. The third-order valence-electron chi connectivity index (χ3n) is 7.62. The van der Waals surface area contributed by atoms with Gasteiger partial charge >= 0.3 is 0 Å². The van der Waals surface area contributed by atoms with Crippen LogP contribution in [-0.2, 0) is 11.2 Å². The Morgan fingerprint density at radius 3 is 2.51 bits per heavy atom. The lowest BCUT2D eigenvalue weighted by Crippen LogP contribution is -2.30. The molecule has 0 amide bonds. The van der Waals surface area contributed by atoms with Gasteiger partial charge in [-0.15, -0.1) is 0 Å². The molecular formula is C33H46N6O3S. The predicted octanol–water partition coefficient (Wildman–Crippen LogP) is 6.00. The molecular weight excluding hydrogens is 560 g/mol. The topological polar surface area (TPSA) is 117 Å². The summed E-state index contributed by atoms with van der Waals surface area (Å²) in [7, 11) is 5.98. The molecule has 2 fully saturated rings. The number of thioether (sulfide) groups is 1. The maximum Gasteiger partial charge on any atom is 0.263 e. The maximum atomic E-state index is 11.8. The maximum absolute atomic E-state index is 11.8. The molecule has 1 saturated heterocycles. The first-order chi connectivity index (χ1) is 20.9. The number of rotatable bonds is 9. The minimum Gasteiger partial charge on any atom is -0.442 e. The molecule has 9 nitrogen and oxygen atoms in total. The van der Waals surface area contributed by atoms with Gasteiger partial charge in [-0.3, -0.25) is 9.78 Å². The van der Waals surface area contributed by atoms with E-state index >= 15 is 0 Å². The standard InChI is InChI=1S/C22H22N4O2S.C8H15N.C2H7N.CH2O/c1-15-4-5-16-13-17(6-7-18(16)25-15)19-14-24-21(26-19)8-12-29-11-2-3-20(27)22-23-9-10-28-22;1-9-6-4-8(2-3-8)5-7-9;1-3-2;1-2/h4-7,9-10,13-14H,2-3,8,11-12H2,1H3,(H,24,26);2-7H2,1H3;3H,1-2H3;1H2. The van der Waals surface area contributed by atoms with Crippen molar-refractivity contribution in [2.24, 2.45) is 5.41 Å². The van der Waals surface area contributed by atoms with Crippen LogP contribution in [0.1, 0.15) is 60.7 Å². The summed E-state index contributed by atoms with van der Waals surface area (Å²) in [5.41, 5.74) is 5.02. The van der Waals surface area contributed by atoms with Gasteiger partial charge < -0.3 is 24.4 Å². The number of benzene rings is 1. The van der Waals surface area contributed by atoms with E-state index in [1.54, 1.807) is 0 Å². The van der Waals surface area contributed by atoms with Gasteiger partial charge in [-0.2, -0.15) is 11.8 Å². The number of nitrogens with one attached hydrogen (secondary N) is 2. The molecule has 0 atom stereocenters. The molecule has 1 spiro atoms. The molecule has 232 valence electrons. The smallest absolute Gasteiger partial charge is 0.263 e. The van der Waals surface area contributed by atoms with Crippen LogP contribution in [0.15, 0.2) is 53.4 Å². The number of H-pyrrole nitrogens is 1. The molecule has 2 N–H and O–H groups in total. The third-order valence-corrected chi connectivity index (χ3v) is 8.69. The number of aromatic amines is 1. The highest BCUT2D eigenvalue weighted by Crippen LogP contribution is 2.53. The van der Waals surface area contributed by atoms with Gasteiger partial charge in [-0.25, -0.2) is 9.97 Å². The Hall–Kier alpha value is -3.34. The van der Waals surface area contributed by atoms with Crippen LogP contribution in [0.25, 0.3) is 22.2 Å². The van der Waals surface area contributed by atoms with Crippen molar-refractivity contribution in [3.8, 4) is 11.3 Å². The van der Waals surface area contributed by atoms with Gasteiger partial charge in [0.05, 0.1) is 23.6 Å². The van der Waals surface area contributed by atoms with Gasteiger partial charge in [0.1, 0.15) is 18.9 Å². The van der Waals surface area contributed by atoms with Crippen molar-refractivity contribution in [3.05, 3.63) is 66.4 Å². The van der Waals surface area contributed by atoms with Crippen molar-refractivity contribution < 1.29 is 14.0 Å². The van der Waals surface area contributed by atoms with Gasteiger partial charge in [0.25, 0.3) is 5.89 Å². The second kappa shape index (κ2) is 17.7. The largest absolute Gasteiger partial charge is 0.442 e. The SMILES string of the molecule is C=O.CN1CCC2(CC1)CC2.CNC.Cc1ccc2cc(-c3cnc(CCSCCCC(=O)c4ncco4)[nH]3)ccc2n1. The van der Waals surface area contributed by atoms with Crippen molar-refractivity contribution in [2.45, 2.75) is 51.9 Å². The Bertz CT molecular complexity index is 1380. The van der Waals surface area contributed by atoms with E-state index in [1.807, 2.05) is 57.9 Å².